The predicted octanol–water partition coefficient (Wildman–Crippen LogP) is 4.09. The van der Waals surface area contributed by atoms with Crippen LogP contribution in [0.4, 0.5) is 0 Å². The molecule has 15 heavy (non-hydrogen) atoms. The van der Waals surface area contributed by atoms with E-state index in [0.29, 0.717) is 0 Å². The SMILES string of the molecule is CCCCCC#COC#CCCCCC. The fraction of sp³-hybridized carbons (Fsp3) is 0.714. The maximum Gasteiger partial charge on any atom is 0.129 e. The third-order valence-electron chi connectivity index (χ3n) is 2.06. The van der Waals surface area contributed by atoms with E-state index in [9.17, 15) is 0 Å². The molecular formula is C14H22O. The van der Waals surface area contributed by atoms with Gasteiger partial charge in [0.2, 0.25) is 0 Å². The Morgan fingerprint density at radius 3 is 1.60 bits per heavy atom. The van der Waals surface area contributed by atoms with Crippen molar-refractivity contribution in [3.05, 3.63) is 0 Å². The largest absolute Gasteiger partial charge is 0.357 e. The number of ether oxygens (including phenoxy) is 1. The van der Waals surface area contributed by atoms with Gasteiger partial charge in [-0.1, -0.05) is 51.4 Å². The maximum absolute atomic E-state index is 4.87. The predicted molar refractivity (Wildman–Crippen MR) is 64.9 cm³/mol. The topological polar surface area (TPSA) is 9.23 Å². The lowest BCUT2D eigenvalue weighted by molar-refractivity contribution is 0.476. The van der Waals surface area contributed by atoms with E-state index in [1.807, 2.05) is 0 Å². The molecule has 0 spiro atoms. The maximum atomic E-state index is 4.87. The molecule has 0 aromatic heterocycles. The normalized spacial score (nSPS) is 8.40. The molecular weight excluding hydrogens is 184 g/mol. The van der Waals surface area contributed by atoms with Gasteiger partial charge in [-0.2, -0.15) is 0 Å². The molecule has 0 unspecified atom stereocenters. The minimum Gasteiger partial charge on any atom is -0.357 e. The van der Waals surface area contributed by atoms with Gasteiger partial charge in [-0.25, -0.2) is 0 Å². The van der Waals surface area contributed by atoms with Gasteiger partial charge in [-0.15, -0.1) is 0 Å². The minimum atomic E-state index is 0.922. The second kappa shape index (κ2) is 12.9. The fourth-order valence-corrected chi connectivity index (χ4v) is 1.13. The summed E-state index contributed by atoms with van der Waals surface area (Å²) in [7, 11) is 0. The van der Waals surface area contributed by atoms with E-state index in [1.165, 1.54) is 25.7 Å². The summed E-state index contributed by atoms with van der Waals surface area (Å²) in [5.74, 6) is 5.90. The summed E-state index contributed by atoms with van der Waals surface area (Å²) in [6.07, 6.45) is 14.4. The van der Waals surface area contributed by atoms with Crippen molar-refractivity contribution in [2.24, 2.45) is 0 Å². The Bertz CT molecular complexity index is 208. The van der Waals surface area contributed by atoms with Gasteiger partial charge in [-0.05, 0) is 12.8 Å². The second-order valence-corrected chi connectivity index (χ2v) is 3.57. The molecule has 0 N–H and O–H groups in total. The van der Waals surface area contributed by atoms with Gasteiger partial charge in [0, 0.05) is 12.8 Å². The van der Waals surface area contributed by atoms with E-state index in [2.05, 4.69) is 37.9 Å². The lowest BCUT2D eigenvalue weighted by atomic mass is 10.2. The van der Waals surface area contributed by atoms with Crippen LogP contribution in [0, 0.1) is 24.1 Å². The highest BCUT2D eigenvalue weighted by Gasteiger charge is 1.81. The lowest BCUT2D eigenvalue weighted by Crippen LogP contribution is -1.74. The molecule has 0 aromatic rings. The summed E-state index contributed by atoms with van der Waals surface area (Å²) < 4.78 is 4.87. The van der Waals surface area contributed by atoms with Gasteiger partial charge in [0.05, 0.1) is 0 Å². The lowest BCUT2D eigenvalue weighted by Gasteiger charge is -1.88. The van der Waals surface area contributed by atoms with Crippen LogP contribution in [0.2, 0.25) is 0 Å². The van der Waals surface area contributed by atoms with Crippen LogP contribution in [0.15, 0.2) is 0 Å². The van der Waals surface area contributed by atoms with Crippen molar-refractivity contribution in [1.29, 1.82) is 0 Å². The van der Waals surface area contributed by atoms with E-state index >= 15 is 0 Å². The van der Waals surface area contributed by atoms with E-state index in [-0.39, 0.29) is 0 Å². The first kappa shape index (κ1) is 13.9. The number of hydrogen-bond donors (Lipinski definition) is 0. The average Bonchev–Trinajstić information content (AvgIpc) is 2.26. The standard InChI is InChI=1S/C14H22O/c1-3-5-7-9-11-13-15-14-12-10-8-6-4-2/h3-10H2,1-2H3. The molecule has 0 fully saturated rings. The molecule has 0 saturated heterocycles. The zero-order chi connectivity index (χ0) is 11.2. The summed E-state index contributed by atoms with van der Waals surface area (Å²) in [5.41, 5.74) is 0. The van der Waals surface area contributed by atoms with Crippen LogP contribution < -0.4 is 0 Å². The zero-order valence-corrected chi connectivity index (χ0v) is 10.1. The third-order valence-corrected chi connectivity index (χ3v) is 2.06. The Hall–Kier alpha value is -1.08. The molecule has 1 nitrogen and oxygen atoms in total. The first-order valence-electron chi connectivity index (χ1n) is 6.03. The fourth-order valence-electron chi connectivity index (χ4n) is 1.13. The van der Waals surface area contributed by atoms with Crippen molar-refractivity contribution >= 4 is 0 Å². The molecule has 84 valence electrons. The molecule has 0 radical (unpaired) electrons. The Morgan fingerprint density at radius 2 is 1.20 bits per heavy atom. The highest BCUT2D eigenvalue weighted by Crippen LogP contribution is 1.97. The molecule has 0 aliphatic heterocycles. The quantitative estimate of drug-likeness (QED) is 0.470. The van der Waals surface area contributed by atoms with Crippen LogP contribution in [0.25, 0.3) is 0 Å². The van der Waals surface area contributed by atoms with E-state index in [4.69, 9.17) is 4.74 Å². The van der Waals surface area contributed by atoms with Gasteiger partial charge in [0.15, 0.2) is 0 Å². The molecule has 1 heteroatoms. The van der Waals surface area contributed by atoms with Crippen molar-refractivity contribution in [3.8, 4) is 24.1 Å². The molecule has 0 amide bonds. The van der Waals surface area contributed by atoms with Gasteiger partial charge < -0.3 is 4.74 Å². The highest BCUT2D eigenvalue weighted by molar-refractivity contribution is 4.98. The minimum absolute atomic E-state index is 0.922. The average molecular weight is 206 g/mol. The van der Waals surface area contributed by atoms with Gasteiger partial charge in [-0.3, -0.25) is 0 Å². The van der Waals surface area contributed by atoms with Crippen LogP contribution >= 0.6 is 0 Å². The molecule has 0 rings (SSSR count). The van der Waals surface area contributed by atoms with Crippen LogP contribution in [0.3, 0.4) is 0 Å². The first-order valence-corrected chi connectivity index (χ1v) is 6.03. The summed E-state index contributed by atoms with van der Waals surface area (Å²) >= 11 is 0. The summed E-state index contributed by atoms with van der Waals surface area (Å²) in [5, 5.41) is 0. The van der Waals surface area contributed by atoms with E-state index in [0.717, 1.165) is 25.7 Å². The zero-order valence-electron chi connectivity index (χ0n) is 10.1. The van der Waals surface area contributed by atoms with Crippen LogP contribution in [-0.2, 0) is 4.74 Å². The molecule has 0 aromatic carbocycles. The molecule has 0 heterocycles. The Kier molecular flexibility index (Phi) is 12.0. The van der Waals surface area contributed by atoms with Crippen LogP contribution in [0.5, 0.6) is 0 Å². The van der Waals surface area contributed by atoms with Crippen molar-refractivity contribution in [2.75, 3.05) is 0 Å². The molecule has 0 aliphatic rings. The highest BCUT2D eigenvalue weighted by atomic mass is 16.5. The molecule has 0 bridgehead atoms. The van der Waals surface area contributed by atoms with E-state index in [1.54, 1.807) is 0 Å². The van der Waals surface area contributed by atoms with E-state index < -0.39 is 0 Å². The van der Waals surface area contributed by atoms with Gasteiger partial charge >= 0.3 is 0 Å². The molecule has 0 aliphatic carbocycles. The van der Waals surface area contributed by atoms with Crippen LogP contribution in [0.1, 0.15) is 65.2 Å². The van der Waals surface area contributed by atoms with Crippen molar-refractivity contribution < 1.29 is 4.74 Å². The molecule has 0 saturated carbocycles. The van der Waals surface area contributed by atoms with Crippen molar-refractivity contribution in [3.63, 3.8) is 0 Å². The number of hydrogen-bond acceptors (Lipinski definition) is 1. The van der Waals surface area contributed by atoms with Crippen molar-refractivity contribution in [2.45, 2.75) is 65.2 Å². The van der Waals surface area contributed by atoms with Gasteiger partial charge in [0.1, 0.15) is 12.2 Å². The number of unbranched alkanes of at least 4 members (excludes halogenated alkanes) is 6. The summed E-state index contributed by atoms with van der Waals surface area (Å²) in [6.45, 7) is 4.37. The summed E-state index contributed by atoms with van der Waals surface area (Å²) in [6, 6.07) is 0. The first-order chi connectivity index (χ1) is 7.41. The van der Waals surface area contributed by atoms with Gasteiger partial charge in [0.25, 0.3) is 0 Å². The third kappa shape index (κ3) is 12.9. The second-order valence-electron chi connectivity index (χ2n) is 3.57. The number of rotatable bonds is 6. The Morgan fingerprint density at radius 1 is 0.733 bits per heavy atom. The van der Waals surface area contributed by atoms with Crippen LogP contribution in [-0.4, -0.2) is 0 Å². The molecule has 0 atom stereocenters. The Labute approximate surface area is 94.6 Å². The van der Waals surface area contributed by atoms with Crippen molar-refractivity contribution in [1.82, 2.24) is 0 Å². The Balaban J connectivity index is 3.26. The summed E-state index contributed by atoms with van der Waals surface area (Å²) in [4.78, 5) is 0. The monoisotopic (exact) mass is 206 g/mol. The smallest absolute Gasteiger partial charge is 0.129 e.